The average molecular weight is 843 g/mol. The van der Waals surface area contributed by atoms with Crippen LogP contribution in [0.15, 0.2) is 0 Å². The topological polar surface area (TPSA) is 246 Å². The first kappa shape index (κ1) is 53.2. The van der Waals surface area contributed by atoms with E-state index < -0.39 is 115 Å². The minimum absolute atomic E-state index is 0.00849. The molecule has 18 heteroatoms. The fourth-order valence-electron chi connectivity index (χ4n) is 6.99. The Morgan fingerprint density at radius 1 is 0.429 bits per heavy atom. The molecule has 4 atom stereocenters. The minimum Gasteiger partial charge on any atom is -0.748 e. The molecule has 0 bridgehead atoms. The van der Waals surface area contributed by atoms with Crippen molar-refractivity contribution in [2.45, 2.75) is 140 Å². The molecule has 0 N–H and O–H groups in total. The van der Waals surface area contributed by atoms with Crippen molar-refractivity contribution in [2.75, 3.05) is 44.5 Å². The highest BCUT2D eigenvalue weighted by Gasteiger charge is 2.55. The molecule has 0 aliphatic rings. The fourth-order valence-corrected chi connectivity index (χ4v) is 7.93. The number of rotatable bonds is 29. The molecule has 0 saturated heterocycles. The largest absolute Gasteiger partial charge is 0.748 e. The Morgan fingerprint density at radius 2 is 0.732 bits per heavy atom. The molecule has 0 amide bonds. The van der Waals surface area contributed by atoms with Crippen molar-refractivity contribution in [3.63, 3.8) is 0 Å². The van der Waals surface area contributed by atoms with Gasteiger partial charge in [0, 0.05) is 11.5 Å². The van der Waals surface area contributed by atoms with Gasteiger partial charge in [0.05, 0.1) is 80.3 Å². The molecular weight excluding hydrogens is 777 g/mol. The lowest BCUT2D eigenvalue weighted by Crippen LogP contribution is -2.49. The van der Waals surface area contributed by atoms with E-state index in [9.17, 15) is 49.9 Å². The van der Waals surface area contributed by atoms with Crippen LogP contribution in [0.5, 0.6) is 0 Å². The van der Waals surface area contributed by atoms with Gasteiger partial charge in [0.2, 0.25) is 0 Å². The summed E-state index contributed by atoms with van der Waals surface area (Å²) in [4.78, 5) is 69.3. The van der Waals surface area contributed by atoms with Gasteiger partial charge in [0.25, 0.3) is 0 Å². The van der Waals surface area contributed by atoms with Crippen LogP contribution in [-0.2, 0) is 67.9 Å². The van der Waals surface area contributed by atoms with E-state index in [1.807, 2.05) is 13.8 Å². The molecule has 0 spiro atoms. The van der Waals surface area contributed by atoms with Gasteiger partial charge in [-0.2, -0.15) is 0 Å². The Morgan fingerprint density at radius 3 is 1.07 bits per heavy atom. The Kier molecular flexibility index (Phi) is 21.8. The number of carbonyl (C=O) groups is 5. The highest BCUT2D eigenvalue weighted by molar-refractivity contribution is 7.85. The van der Waals surface area contributed by atoms with Crippen molar-refractivity contribution in [2.24, 2.45) is 27.1 Å². The van der Waals surface area contributed by atoms with E-state index in [4.69, 9.17) is 23.7 Å². The molecule has 0 aliphatic heterocycles. The van der Waals surface area contributed by atoms with Gasteiger partial charge in [0.1, 0.15) is 0 Å². The second-order valence-electron chi connectivity index (χ2n) is 16.5. The maximum atomic E-state index is 14.3. The fraction of sp³-hybridized carbons (Fsp3) is 0.868. The maximum absolute atomic E-state index is 14.3. The lowest BCUT2D eigenvalue weighted by atomic mass is 9.59. The van der Waals surface area contributed by atoms with Gasteiger partial charge in [-0.15, -0.1) is 0 Å². The molecule has 0 aliphatic carbocycles. The summed E-state index contributed by atoms with van der Waals surface area (Å²) >= 11 is 0. The monoisotopic (exact) mass is 842 g/mol. The first-order valence-corrected chi connectivity index (χ1v) is 22.5. The molecule has 0 fully saturated rings. The zero-order chi connectivity index (χ0) is 43.7. The number of carbonyl (C=O) groups excluding carboxylic acids is 5. The van der Waals surface area contributed by atoms with E-state index in [2.05, 4.69) is 0 Å². The molecule has 0 rings (SSSR count). The Hall–Kier alpha value is -2.83. The molecule has 0 heterocycles. The number of hydrogen-bond donors (Lipinski definition) is 0. The van der Waals surface area contributed by atoms with Crippen molar-refractivity contribution in [3.8, 4) is 0 Å². The molecule has 16 nitrogen and oxygen atoms in total. The zero-order valence-corrected chi connectivity index (χ0v) is 36.7. The minimum atomic E-state index is -4.62. The van der Waals surface area contributed by atoms with E-state index in [0.29, 0.717) is 25.7 Å². The normalized spacial score (nSPS) is 16.6. The van der Waals surface area contributed by atoms with E-state index in [1.54, 1.807) is 34.6 Å². The van der Waals surface area contributed by atoms with Crippen molar-refractivity contribution < 1.29 is 73.6 Å². The summed E-state index contributed by atoms with van der Waals surface area (Å²) in [6, 6.07) is 0. The van der Waals surface area contributed by atoms with E-state index in [0.717, 1.165) is 0 Å². The van der Waals surface area contributed by atoms with Gasteiger partial charge < -0.3 is 32.8 Å². The molecule has 56 heavy (non-hydrogen) atoms. The summed E-state index contributed by atoms with van der Waals surface area (Å²) in [6.07, 6.45) is 0.512. The molecule has 328 valence electrons. The van der Waals surface area contributed by atoms with Gasteiger partial charge in [-0.05, 0) is 106 Å². The quantitative estimate of drug-likeness (QED) is 0.0406. The number of esters is 5. The molecular formula is C38H66O16S2-2. The molecule has 0 aromatic rings. The summed E-state index contributed by atoms with van der Waals surface area (Å²) in [5, 5.41) is 0. The summed E-state index contributed by atoms with van der Waals surface area (Å²) in [6.45, 7) is 15.6. The van der Waals surface area contributed by atoms with Crippen LogP contribution in [0.25, 0.3) is 0 Å². The second-order valence-corrected chi connectivity index (χ2v) is 19.5. The first-order valence-electron chi connectivity index (χ1n) is 19.3. The predicted octanol–water partition coefficient (Wildman–Crippen LogP) is 5.21. The summed E-state index contributed by atoms with van der Waals surface area (Å²) in [5.74, 6) is -5.49. The number of hydrogen-bond acceptors (Lipinski definition) is 16. The Balaban J connectivity index is 7.48. The average Bonchev–Trinajstić information content (AvgIpc) is 3.08. The highest BCUT2D eigenvalue weighted by atomic mass is 32.2. The van der Waals surface area contributed by atoms with Crippen molar-refractivity contribution in [1.82, 2.24) is 0 Å². The van der Waals surface area contributed by atoms with Crippen LogP contribution >= 0.6 is 0 Å². The molecule has 4 unspecified atom stereocenters. The molecule has 0 radical (unpaired) electrons. The lowest BCUT2D eigenvalue weighted by molar-refractivity contribution is -0.174. The van der Waals surface area contributed by atoms with Gasteiger partial charge in [0.15, 0.2) is 0 Å². The van der Waals surface area contributed by atoms with Gasteiger partial charge >= 0.3 is 29.8 Å². The Labute approximate surface area is 334 Å². The zero-order valence-electron chi connectivity index (χ0n) is 35.1. The van der Waals surface area contributed by atoms with Crippen LogP contribution in [0.2, 0.25) is 0 Å². The summed E-state index contributed by atoms with van der Waals surface area (Å²) in [5.41, 5.74) is -7.83. The molecule has 0 saturated carbocycles. The predicted molar refractivity (Wildman–Crippen MR) is 204 cm³/mol. The summed E-state index contributed by atoms with van der Waals surface area (Å²) < 4.78 is 95.0. The molecule has 0 aromatic heterocycles. The summed E-state index contributed by atoms with van der Waals surface area (Å²) in [7, 11) is -9.23. The van der Waals surface area contributed by atoms with Crippen LogP contribution < -0.4 is 0 Å². The standard InChI is InChI=1S/C38H68O16S2/c1-11-15-20-52-33(43)38(10,27-36(8,25-34(5,6)29(39)50-18-12-2)31(41)53-21-16-23-55(44,45)46)28-37(9,32(42)54-22-17-24-56(47,48)49)26-35(7,14-4)30(40)51-19-13-3/h11-28H2,1-10H3,(H,44,45,46)(H,47,48,49)/p-2. The van der Waals surface area contributed by atoms with E-state index in [-0.39, 0.29) is 51.9 Å². The third-order valence-electron chi connectivity index (χ3n) is 9.63. The van der Waals surface area contributed by atoms with Crippen LogP contribution in [0.3, 0.4) is 0 Å². The van der Waals surface area contributed by atoms with Crippen LogP contribution in [0.1, 0.15) is 140 Å². The lowest BCUT2D eigenvalue weighted by Gasteiger charge is -2.44. The van der Waals surface area contributed by atoms with Crippen LogP contribution in [0, 0.1) is 27.1 Å². The van der Waals surface area contributed by atoms with Gasteiger partial charge in [-0.25, -0.2) is 16.8 Å². The van der Waals surface area contributed by atoms with Crippen molar-refractivity contribution in [3.05, 3.63) is 0 Å². The van der Waals surface area contributed by atoms with Crippen LogP contribution in [-0.4, -0.2) is 100 Å². The van der Waals surface area contributed by atoms with Crippen molar-refractivity contribution in [1.29, 1.82) is 0 Å². The third-order valence-corrected chi connectivity index (χ3v) is 11.2. The molecule has 0 aromatic carbocycles. The SMILES string of the molecule is CCCCOC(=O)C(C)(CC(C)(CC(C)(C)C(=O)OCCC)C(=O)OCCCS(=O)(=O)[O-])CC(C)(CC(C)(CC)C(=O)OCCC)C(=O)OCCCS(=O)(=O)[O-]. The maximum Gasteiger partial charge on any atom is 0.311 e. The Bertz CT molecular complexity index is 1530. The van der Waals surface area contributed by atoms with Gasteiger partial charge in [-0.1, -0.05) is 34.1 Å². The number of ether oxygens (including phenoxy) is 5. The number of unbranched alkanes of at least 4 members (excludes halogenated alkanes) is 1. The van der Waals surface area contributed by atoms with Gasteiger partial charge in [-0.3, -0.25) is 24.0 Å². The second kappa shape index (κ2) is 22.9. The smallest absolute Gasteiger partial charge is 0.311 e. The third kappa shape index (κ3) is 18.6. The highest BCUT2D eigenvalue weighted by Crippen LogP contribution is 2.52. The van der Waals surface area contributed by atoms with E-state index in [1.165, 1.54) is 20.8 Å². The van der Waals surface area contributed by atoms with Crippen molar-refractivity contribution >= 4 is 50.1 Å². The van der Waals surface area contributed by atoms with Crippen LogP contribution in [0.4, 0.5) is 0 Å². The first-order chi connectivity index (χ1) is 25.6. The van der Waals surface area contributed by atoms with E-state index >= 15 is 0 Å².